The van der Waals surface area contributed by atoms with Crippen LogP contribution in [0.4, 0.5) is 0 Å². The van der Waals surface area contributed by atoms with Gasteiger partial charge in [-0.05, 0) is 44.7 Å². The van der Waals surface area contributed by atoms with Gasteiger partial charge in [-0.1, -0.05) is 34.1 Å². The number of hydrogen-bond donors (Lipinski definition) is 2. The Kier molecular flexibility index (Phi) is 8.07. The van der Waals surface area contributed by atoms with Gasteiger partial charge in [0.1, 0.15) is 0 Å². The summed E-state index contributed by atoms with van der Waals surface area (Å²) >= 11 is 0. The summed E-state index contributed by atoms with van der Waals surface area (Å²) in [5.74, 6) is 0.835. The van der Waals surface area contributed by atoms with E-state index in [0.717, 1.165) is 25.4 Å². The molecule has 0 heterocycles. The maximum absolute atomic E-state index is 5.68. The van der Waals surface area contributed by atoms with Crippen molar-refractivity contribution in [3.8, 4) is 0 Å². The van der Waals surface area contributed by atoms with E-state index in [2.05, 4.69) is 33.0 Å². The normalized spacial score (nSPS) is 14.2. The molecule has 2 heteroatoms. The van der Waals surface area contributed by atoms with Crippen LogP contribution in [-0.4, -0.2) is 18.6 Å². The van der Waals surface area contributed by atoms with Crippen molar-refractivity contribution in [2.75, 3.05) is 13.1 Å². The molecule has 0 amide bonds. The SMILES string of the molecule is CCC(C)CCNC(CC)(CC)CCN. The zero-order valence-electron chi connectivity index (χ0n) is 11.1. The Morgan fingerprint density at radius 2 is 1.80 bits per heavy atom. The van der Waals surface area contributed by atoms with Gasteiger partial charge in [0, 0.05) is 5.54 Å². The van der Waals surface area contributed by atoms with Crippen LogP contribution < -0.4 is 11.1 Å². The summed E-state index contributed by atoms with van der Waals surface area (Å²) in [7, 11) is 0. The minimum atomic E-state index is 0.294. The summed E-state index contributed by atoms with van der Waals surface area (Å²) in [5, 5.41) is 3.72. The van der Waals surface area contributed by atoms with Crippen molar-refractivity contribution < 1.29 is 0 Å². The molecule has 1 unspecified atom stereocenters. The zero-order chi connectivity index (χ0) is 11.7. The molecule has 2 nitrogen and oxygen atoms in total. The number of rotatable bonds is 9. The van der Waals surface area contributed by atoms with E-state index in [4.69, 9.17) is 5.73 Å². The molecular formula is C13H30N2. The molecule has 0 radical (unpaired) electrons. The Hall–Kier alpha value is -0.0800. The molecule has 92 valence electrons. The van der Waals surface area contributed by atoms with E-state index in [9.17, 15) is 0 Å². The summed E-state index contributed by atoms with van der Waals surface area (Å²) in [6.45, 7) is 11.0. The predicted octanol–water partition coefficient (Wildman–Crippen LogP) is 2.92. The van der Waals surface area contributed by atoms with Crippen molar-refractivity contribution in [2.24, 2.45) is 11.7 Å². The topological polar surface area (TPSA) is 38.0 Å². The van der Waals surface area contributed by atoms with Gasteiger partial charge in [-0.15, -0.1) is 0 Å². The molecule has 0 saturated carbocycles. The first-order chi connectivity index (χ1) is 7.14. The fourth-order valence-electron chi connectivity index (χ4n) is 2.01. The van der Waals surface area contributed by atoms with E-state index in [-0.39, 0.29) is 0 Å². The highest BCUT2D eigenvalue weighted by Crippen LogP contribution is 2.19. The number of hydrogen-bond acceptors (Lipinski definition) is 2. The Balaban J connectivity index is 3.94. The molecule has 0 fully saturated rings. The molecular weight excluding hydrogens is 184 g/mol. The highest BCUT2D eigenvalue weighted by Gasteiger charge is 2.23. The Labute approximate surface area is 96.0 Å². The Morgan fingerprint density at radius 3 is 2.20 bits per heavy atom. The van der Waals surface area contributed by atoms with E-state index < -0.39 is 0 Å². The van der Waals surface area contributed by atoms with Gasteiger partial charge in [0.15, 0.2) is 0 Å². The fourth-order valence-corrected chi connectivity index (χ4v) is 2.01. The van der Waals surface area contributed by atoms with Gasteiger partial charge in [0.05, 0.1) is 0 Å². The van der Waals surface area contributed by atoms with Gasteiger partial charge >= 0.3 is 0 Å². The summed E-state index contributed by atoms with van der Waals surface area (Å²) in [4.78, 5) is 0. The molecule has 0 rings (SSSR count). The standard InChI is InChI=1S/C13H30N2/c1-5-12(4)8-11-15-13(6-2,7-3)9-10-14/h12,15H,5-11,14H2,1-4H3. The lowest BCUT2D eigenvalue weighted by atomic mass is 9.88. The van der Waals surface area contributed by atoms with Crippen molar-refractivity contribution in [3.63, 3.8) is 0 Å². The van der Waals surface area contributed by atoms with Crippen molar-refractivity contribution in [1.82, 2.24) is 5.32 Å². The maximum atomic E-state index is 5.68. The van der Waals surface area contributed by atoms with Crippen LogP contribution in [0.2, 0.25) is 0 Å². The summed E-state index contributed by atoms with van der Waals surface area (Å²) < 4.78 is 0. The lowest BCUT2D eigenvalue weighted by Gasteiger charge is -2.33. The van der Waals surface area contributed by atoms with Crippen LogP contribution in [0.15, 0.2) is 0 Å². The van der Waals surface area contributed by atoms with Crippen LogP contribution in [0.25, 0.3) is 0 Å². The second kappa shape index (κ2) is 8.12. The van der Waals surface area contributed by atoms with Crippen LogP contribution in [0, 0.1) is 5.92 Å². The van der Waals surface area contributed by atoms with E-state index in [1.807, 2.05) is 0 Å². The molecule has 15 heavy (non-hydrogen) atoms. The van der Waals surface area contributed by atoms with Crippen LogP contribution in [0.3, 0.4) is 0 Å². The molecule has 0 aromatic heterocycles. The quantitative estimate of drug-likeness (QED) is 0.619. The largest absolute Gasteiger partial charge is 0.330 e. The minimum absolute atomic E-state index is 0.294. The van der Waals surface area contributed by atoms with Gasteiger partial charge in [0.2, 0.25) is 0 Å². The van der Waals surface area contributed by atoms with Gasteiger partial charge in [-0.2, -0.15) is 0 Å². The summed E-state index contributed by atoms with van der Waals surface area (Å²) in [6, 6.07) is 0. The van der Waals surface area contributed by atoms with Crippen molar-refractivity contribution in [3.05, 3.63) is 0 Å². The smallest absolute Gasteiger partial charge is 0.0188 e. The molecule has 0 aromatic carbocycles. The third-order valence-corrected chi connectivity index (χ3v) is 3.81. The zero-order valence-corrected chi connectivity index (χ0v) is 11.1. The molecule has 0 bridgehead atoms. The first-order valence-electron chi connectivity index (χ1n) is 6.59. The van der Waals surface area contributed by atoms with E-state index >= 15 is 0 Å². The van der Waals surface area contributed by atoms with E-state index in [0.29, 0.717) is 5.54 Å². The molecule has 0 aliphatic carbocycles. The molecule has 0 spiro atoms. The maximum Gasteiger partial charge on any atom is 0.0188 e. The molecule has 1 atom stereocenters. The van der Waals surface area contributed by atoms with Crippen LogP contribution in [0.1, 0.15) is 59.8 Å². The van der Waals surface area contributed by atoms with Crippen molar-refractivity contribution in [1.29, 1.82) is 0 Å². The second-order valence-electron chi connectivity index (χ2n) is 4.75. The van der Waals surface area contributed by atoms with Gasteiger partial charge in [-0.3, -0.25) is 0 Å². The third kappa shape index (κ3) is 5.53. The predicted molar refractivity (Wildman–Crippen MR) is 69.1 cm³/mol. The number of nitrogens with one attached hydrogen (secondary N) is 1. The second-order valence-corrected chi connectivity index (χ2v) is 4.75. The molecule has 0 aliphatic heterocycles. The van der Waals surface area contributed by atoms with Gasteiger partial charge < -0.3 is 11.1 Å². The molecule has 0 aliphatic rings. The van der Waals surface area contributed by atoms with E-state index in [1.54, 1.807) is 0 Å². The Bertz CT molecular complexity index is 141. The fraction of sp³-hybridized carbons (Fsp3) is 1.00. The van der Waals surface area contributed by atoms with E-state index in [1.165, 1.54) is 25.7 Å². The van der Waals surface area contributed by atoms with Crippen LogP contribution >= 0.6 is 0 Å². The molecule has 0 aromatic rings. The molecule has 0 saturated heterocycles. The van der Waals surface area contributed by atoms with Gasteiger partial charge in [0.25, 0.3) is 0 Å². The number of nitrogens with two attached hydrogens (primary N) is 1. The van der Waals surface area contributed by atoms with Crippen LogP contribution in [-0.2, 0) is 0 Å². The summed E-state index contributed by atoms with van der Waals surface area (Å²) in [5.41, 5.74) is 5.98. The summed E-state index contributed by atoms with van der Waals surface area (Å²) in [6.07, 6.45) is 6.02. The first kappa shape index (κ1) is 14.9. The minimum Gasteiger partial charge on any atom is -0.330 e. The van der Waals surface area contributed by atoms with Crippen LogP contribution in [0.5, 0.6) is 0 Å². The van der Waals surface area contributed by atoms with Gasteiger partial charge in [-0.25, -0.2) is 0 Å². The highest BCUT2D eigenvalue weighted by molar-refractivity contribution is 4.85. The highest BCUT2D eigenvalue weighted by atomic mass is 15.0. The lowest BCUT2D eigenvalue weighted by molar-refractivity contribution is 0.275. The van der Waals surface area contributed by atoms with Crippen molar-refractivity contribution >= 4 is 0 Å². The average molecular weight is 214 g/mol. The van der Waals surface area contributed by atoms with Crippen molar-refractivity contribution in [2.45, 2.75) is 65.3 Å². The molecule has 3 N–H and O–H groups in total. The lowest BCUT2D eigenvalue weighted by Crippen LogP contribution is -2.46. The third-order valence-electron chi connectivity index (χ3n) is 3.81. The monoisotopic (exact) mass is 214 g/mol. The Morgan fingerprint density at radius 1 is 1.20 bits per heavy atom. The average Bonchev–Trinajstić information content (AvgIpc) is 2.27. The first-order valence-corrected chi connectivity index (χ1v) is 6.59.